The average Bonchev–Trinajstić information content (AvgIpc) is 3.08. The number of halogens is 1. The fourth-order valence-electron chi connectivity index (χ4n) is 2.28. The van der Waals surface area contributed by atoms with Crippen LogP contribution in [0, 0.1) is 5.82 Å². The Balaban J connectivity index is 1.87. The van der Waals surface area contributed by atoms with E-state index in [0.717, 1.165) is 17.9 Å². The van der Waals surface area contributed by atoms with Gasteiger partial charge in [-0.05, 0) is 29.5 Å². The number of aromatic nitrogens is 6. The summed E-state index contributed by atoms with van der Waals surface area (Å²) in [4.78, 5) is 4.52. The quantitative estimate of drug-likeness (QED) is 0.516. The number of nitrogens with zero attached hydrogens (tertiary/aromatic N) is 6. The molecule has 0 atom stereocenters. The molecule has 0 radical (unpaired) electrons. The normalized spacial score (nSPS) is 11.2. The van der Waals surface area contributed by atoms with E-state index >= 15 is 0 Å². The highest BCUT2D eigenvalue weighted by molar-refractivity contribution is 7.98. The number of fused-ring (bicyclic) bond motifs is 1. The minimum Gasteiger partial charge on any atom is -0.328 e. The lowest BCUT2D eigenvalue weighted by molar-refractivity contribution is 0.614. The highest BCUT2D eigenvalue weighted by Crippen LogP contribution is 2.24. The number of hydrogen-bond acceptors (Lipinski definition) is 5. The first kappa shape index (κ1) is 14.7. The molecule has 0 unspecified atom stereocenters. The Hall–Kier alpha value is -2.22. The van der Waals surface area contributed by atoms with Crippen molar-refractivity contribution >= 4 is 22.8 Å². The van der Waals surface area contributed by atoms with Gasteiger partial charge in [0, 0.05) is 12.6 Å². The van der Waals surface area contributed by atoms with Crippen molar-refractivity contribution in [3.05, 3.63) is 42.5 Å². The fraction of sp³-hybridized carbons (Fsp3) is 0.286. The molecular formula is C14H15FN6S. The van der Waals surface area contributed by atoms with Crippen LogP contribution in [0.2, 0.25) is 0 Å². The molecule has 0 spiro atoms. The first-order valence-electron chi connectivity index (χ1n) is 6.87. The number of benzene rings is 1. The molecule has 3 aromatic rings. The Kier molecular flexibility index (Phi) is 4.19. The van der Waals surface area contributed by atoms with Gasteiger partial charge in [0.25, 0.3) is 0 Å². The Morgan fingerprint density at radius 3 is 3.05 bits per heavy atom. The van der Waals surface area contributed by atoms with Crippen LogP contribution in [0.3, 0.4) is 0 Å². The molecular weight excluding hydrogens is 303 g/mol. The molecule has 1 aromatic carbocycles. The first-order chi connectivity index (χ1) is 10.7. The molecule has 2 heterocycles. The fourth-order valence-corrected chi connectivity index (χ4v) is 3.11. The van der Waals surface area contributed by atoms with E-state index in [1.165, 1.54) is 23.9 Å². The van der Waals surface area contributed by atoms with Crippen molar-refractivity contribution in [2.75, 3.05) is 0 Å². The number of rotatable bonds is 6. The van der Waals surface area contributed by atoms with Crippen LogP contribution in [0.25, 0.3) is 11.0 Å². The highest BCUT2D eigenvalue weighted by Gasteiger charge is 2.13. The third-order valence-corrected chi connectivity index (χ3v) is 4.19. The lowest BCUT2D eigenvalue weighted by Gasteiger charge is -2.05. The molecule has 0 N–H and O–H groups in total. The van der Waals surface area contributed by atoms with E-state index in [9.17, 15) is 4.39 Å². The maximum Gasteiger partial charge on any atom is 0.210 e. The van der Waals surface area contributed by atoms with Gasteiger partial charge in [0.05, 0.1) is 23.3 Å². The van der Waals surface area contributed by atoms with Crippen molar-refractivity contribution in [2.24, 2.45) is 0 Å². The van der Waals surface area contributed by atoms with E-state index in [2.05, 4.69) is 31.7 Å². The second-order valence-corrected chi connectivity index (χ2v) is 5.57. The Labute approximate surface area is 131 Å². The van der Waals surface area contributed by atoms with Gasteiger partial charge in [-0.2, -0.15) is 0 Å². The van der Waals surface area contributed by atoms with Gasteiger partial charge < -0.3 is 4.57 Å². The summed E-state index contributed by atoms with van der Waals surface area (Å²) in [6.07, 6.45) is 1.74. The highest BCUT2D eigenvalue weighted by atomic mass is 32.2. The van der Waals surface area contributed by atoms with Crippen LogP contribution in [-0.4, -0.2) is 29.8 Å². The van der Waals surface area contributed by atoms with Gasteiger partial charge in [-0.1, -0.05) is 17.8 Å². The summed E-state index contributed by atoms with van der Waals surface area (Å²) in [5.41, 5.74) is 1.60. The topological polar surface area (TPSA) is 61.4 Å². The minimum absolute atomic E-state index is 0.276. The zero-order valence-corrected chi connectivity index (χ0v) is 12.9. The summed E-state index contributed by atoms with van der Waals surface area (Å²) in [6.45, 7) is 7.06. The Morgan fingerprint density at radius 1 is 1.41 bits per heavy atom. The van der Waals surface area contributed by atoms with Crippen LogP contribution in [0.4, 0.5) is 4.39 Å². The summed E-state index contributed by atoms with van der Waals surface area (Å²) < 4.78 is 17.1. The van der Waals surface area contributed by atoms with E-state index in [4.69, 9.17) is 0 Å². The van der Waals surface area contributed by atoms with Gasteiger partial charge >= 0.3 is 0 Å². The molecule has 3 rings (SSSR count). The molecule has 8 heteroatoms. The van der Waals surface area contributed by atoms with Crippen LogP contribution >= 0.6 is 11.8 Å². The van der Waals surface area contributed by atoms with Crippen molar-refractivity contribution in [2.45, 2.75) is 30.9 Å². The molecule has 2 aromatic heterocycles. The number of hydrogen-bond donors (Lipinski definition) is 0. The molecule has 0 aliphatic carbocycles. The number of aryl methyl sites for hydroxylation is 1. The van der Waals surface area contributed by atoms with Gasteiger partial charge in [-0.25, -0.2) is 14.1 Å². The summed E-state index contributed by atoms with van der Waals surface area (Å²) in [5, 5.41) is 12.3. The molecule has 22 heavy (non-hydrogen) atoms. The predicted molar refractivity (Wildman–Crippen MR) is 82.9 cm³/mol. The summed E-state index contributed by atoms with van der Waals surface area (Å²) >= 11 is 1.50. The molecule has 0 fully saturated rings. The van der Waals surface area contributed by atoms with Crippen LogP contribution < -0.4 is 0 Å². The maximum atomic E-state index is 13.3. The van der Waals surface area contributed by atoms with Crippen LogP contribution in [-0.2, 0) is 18.8 Å². The monoisotopic (exact) mass is 318 g/mol. The summed E-state index contributed by atoms with van der Waals surface area (Å²) in [7, 11) is 0. The van der Waals surface area contributed by atoms with Gasteiger partial charge in [0.15, 0.2) is 0 Å². The zero-order valence-electron chi connectivity index (χ0n) is 12.1. The average molecular weight is 318 g/mol. The van der Waals surface area contributed by atoms with Crippen molar-refractivity contribution in [1.29, 1.82) is 0 Å². The maximum absolute atomic E-state index is 13.3. The minimum atomic E-state index is -0.276. The third kappa shape index (κ3) is 2.74. The van der Waals surface area contributed by atoms with Crippen molar-refractivity contribution in [3.63, 3.8) is 0 Å². The Bertz CT molecular complexity index is 809. The van der Waals surface area contributed by atoms with E-state index in [1.807, 2.05) is 6.92 Å². The van der Waals surface area contributed by atoms with Crippen molar-refractivity contribution in [3.8, 4) is 0 Å². The molecule has 0 aliphatic rings. The molecule has 0 saturated heterocycles. The van der Waals surface area contributed by atoms with Crippen LogP contribution in [0.1, 0.15) is 12.7 Å². The van der Waals surface area contributed by atoms with Gasteiger partial charge in [0.1, 0.15) is 11.6 Å². The van der Waals surface area contributed by atoms with Crippen molar-refractivity contribution < 1.29 is 4.39 Å². The number of tetrazole rings is 1. The van der Waals surface area contributed by atoms with E-state index in [-0.39, 0.29) is 5.82 Å². The van der Waals surface area contributed by atoms with E-state index in [1.54, 1.807) is 16.8 Å². The van der Waals surface area contributed by atoms with Gasteiger partial charge in [-0.15, -0.1) is 11.7 Å². The molecule has 0 aliphatic heterocycles. The second-order valence-electron chi connectivity index (χ2n) is 4.63. The zero-order chi connectivity index (χ0) is 15.5. The summed E-state index contributed by atoms with van der Waals surface area (Å²) in [6, 6.07) is 4.67. The predicted octanol–water partition coefficient (Wildman–Crippen LogP) is 2.66. The first-order valence-corrected chi connectivity index (χ1v) is 7.86. The number of allylic oxidation sites excluding steroid dienone is 1. The molecule has 6 nitrogen and oxygen atoms in total. The number of thioether (sulfide) groups is 1. The van der Waals surface area contributed by atoms with Gasteiger partial charge in [-0.3, -0.25) is 0 Å². The molecule has 0 amide bonds. The van der Waals surface area contributed by atoms with E-state index < -0.39 is 0 Å². The van der Waals surface area contributed by atoms with E-state index in [0.29, 0.717) is 23.0 Å². The molecule has 0 bridgehead atoms. The van der Waals surface area contributed by atoms with Crippen LogP contribution in [0.5, 0.6) is 0 Å². The third-order valence-electron chi connectivity index (χ3n) is 3.24. The largest absolute Gasteiger partial charge is 0.328 e. The molecule has 114 valence electrons. The SMILES string of the molecule is C=CCn1nnnc1SCc1nc2cc(F)ccc2n1CC. The molecule has 0 saturated carbocycles. The lowest BCUT2D eigenvalue weighted by atomic mass is 10.3. The second kappa shape index (κ2) is 6.27. The smallest absolute Gasteiger partial charge is 0.210 e. The standard InChI is InChI=1S/C14H15FN6S/c1-3-7-21-14(17-18-19-21)22-9-13-16-11-8-10(15)5-6-12(11)20(13)4-2/h3,5-6,8H,1,4,7,9H2,2H3. The van der Waals surface area contributed by atoms with Crippen molar-refractivity contribution in [1.82, 2.24) is 29.8 Å². The lowest BCUT2D eigenvalue weighted by Crippen LogP contribution is -2.03. The van der Waals surface area contributed by atoms with Crippen LogP contribution in [0.15, 0.2) is 36.0 Å². The summed E-state index contributed by atoms with van der Waals surface area (Å²) in [5.74, 6) is 1.21. The number of imidazole rings is 1. The van der Waals surface area contributed by atoms with Gasteiger partial charge in [0.2, 0.25) is 5.16 Å². The Morgan fingerprint density at radius 2 is 2.27 bits per heavy atom.